The van der Waals surface area contributed by atoms with Gasteiger partial charge in [-0.2, -0.15) is 4.31 Å². The number of aliphatic hydroxyl groups excluding tert-OH is 1. The van der Waals surface area contributed by atoms with Crippen molar-refractivity contribution in [2.75, 3.05) is 34.0 Å². The lowest BCUT2D eigenvalue weighted by Crippen LogP contribution is -2.32. The number of hydrogen-bond acceptors (Lipinski definition) is 9. The van der Waals surface area contributed by atoms with Crippen LogP contribution in [0.2, 0.25) is 0 Å². The van der Waals surface area contributed by atoms with Crippen LogP contribution in [0.5, 0.6) is 17.2 Å². The van der Waals surface area contributed by atoms with E-state index in [4.69, 9.17) is 24.3 Å². The zero-order chi connectivity index (χ0) is 32.8. The summed E-state index contributed by atoms with van der Waals surface area (Å²) in [6.07, 6.45) is 6.73. The number of aromatic nitrogens is 4. The van der Waals surface area contributed by atoms with Gasteiger partial charge in [-0.25, -0.2) is 17.9 Å². The normalized spacial score (nSPS) is 14.5. The summed E-state index contributed by atoms with van der Waals surface area (Å²) >= 11 is 0. The van der Waals surface area contributed by atoms with Gasteiger partial charge >= 0.3 is 0 Å². The molecule has 0 atom stereocenters. The van der Waals surface area contributed by atoms with Crippen molar-refractivity contribution in [1.82, 2.24) is 23.9 Å². The number of aromatic amines is 1. The first-order valence-electron chi connectivity index (χ1n) is 15.8. The van der Waals surface area contributed by atoms with Gasteiger partial charge in [0.25, 0.3) is 5.56 Å². The number of rotatable bonds is 13. The number of nitrogens with zero attached hydrogens (tertiary/aromatic N) is 4. The Kier molecular flexibility index (Phi) is 10.6. The molecule has 248 valence electrons. The number of nitrogens with one attached hydrogen (secondary N) is 1. The fourth-order valence-electron chi connectivity index (χ4n) is 6.11. The fourth-order valence-corrected chi connectivity index (χ4v) is 7.59. The molecule has 1 aliphatic carbocycles. The van der Waals surface area contributed by atoms with E-state index in [1.807, 2.05) is 13.8 Å². The molecule has 0 radical (unpaired) electrons. The van der Waals surface area contributed by atoms with E-state index in [1.165, 1.54) is 36.4 Å². The highest BCUT2D eigenvalue weighted by Gasteiger charge is 2.28. The molecule has 2 aromatic carbocycles. The zero-order valence-electron chi connectivity index (χ0n) is 26.9. The van der Waals surface area contributed by atoms with Crippen molar-refractivity contribution < 1.29 is 27.7 Å². The van der Waals surface area contributed by atoms with E-state index >= 15 is 0 Å². The predicted molar refractivity (Wildman–Crippen MR) is 174 cm³/mol. The van der Waals surface area contributed by atoms with Crippen molar-refractivity contribution in [3.8, 4) is 28.6 Å². The van der Waals surface area contributed by atoms with Crippen molar-refractivity contribution in [3.63, 3.8) is 0 Å². The summed E-state index contributed by atoms with van der Waals surface area (Å²) in [6, 6.07) is 9.74. The Balaban J connectivity index is 1.60. The van der Waals surface area contributed by atoms with Gasteiger partial charge in [-0.1, -0.05) is 31.7 Å². The summed E-state index contributed by atoms with van der Waals surface area (Å²) in [5, 5.41) is 14.4. The Bertz CT molecular complexity index is 1830. The van der Waals surface area contributed by atoms with Crippen LogP contribution in [0, 0.1) is 6.92 Å². The van der Waals surface area contributed by atoms with E-state index in [0.29, 0.717) is 46.2 Å². The second kappa shape index (κ2) is 14.7. The van der Waals surface area contributed by atoms with Crippen molar-refractivity contribution in [1.29, 1.82) is 0 Å². The first-order chi connectivity index (χ1) is 22.2. The molecular weight excluding hydrogens is 610 g/mol. The molecule has 2 heterocycles. The largest absolute Gasteiger partial charge is 0.497 e. The number of fused-ring (bicyclic) bond motifs is 1. The summed E-state index contributed by atoms with van der Waals surface area (Å²) in [5.74, 6) is 2.56. The van der Waals surface area contributed by atoms with Gasteiger partial charge in [-0.05, 0) is 57.4 Å². The lowest BCUT2D eigenvalue weighted by molar-refractivity contribution is 0.267. The van der Waals surface area contributed by atoms with Crippen LogP contribution >= 0.6 is 0 Å². The van der Waals surface area contributed by atoms with Crippen LogP contribution in [0.15, 0.2) is 46.1 Å². The summed E-state index contributed by atoms with van der Waals surface area (Å²) < 4.78 is 48.1. The maximum Gasteiger partial charge on any atom is 0.277 e. The molecule has 46 heavy (non-hydrogen) atoms. The van der Waals surface area contributed by atoms with Gasteiger partial charge in [-0.3, -0.25) is 4.79 Å². The average molecular weight is 654 g/mol. The minimum absolute atomic E-state index is 0.00184. The quantitative estimate of drug-likeness (QED) is 0.194. The molecule has 0 unspecified atom stereocenters. The molecule has 0 amide bonds. The van der Waals surface area contributed by atoms with Gasteiger partial charge in [0.2, 0.25) is 10.0 Å². The van der Waals surface area contributed by atoms with Crippen LogP contribution in [-0.2, 0) is 16.6 Å². The van der Waals surface area contributed by atoms with E-state index < -0.39 is 10.0 Å². The predicted octanol–water partition coefficient (Wildman–Crippen LogP) is 4.82. The minimum Gasteiger partial charge on any atom is -0.497 e. The molecule has 1 aliphatic rings. The Labute approximate surface area is 269 Å². The lowest BCUT2D eigenvalue weighted by atomic mass is 10.00. The maximum atomic E-state index is 14.2. The van der Waals surface area contributed by atoms with Crippen LogP contribution in [0.1, 0.15) is 74.9 Å². The third-order valence-electron chi connectivity index (χ3n) is 8.47. The molecule has 2 aromatic heterocycles. The van der Waals surface area contributed by atoms with Gasteiger partial charge in [0.1, 0.15) is 23.1 Å². The van der Waals surface area contributed by atoms with Crippen LogP contribution in [0.25, 0.3) is 16.9 Å². The van der Waals surface area contributed by atoms with Crippen molar-refractivity contribution in [2.45, 2.75) is 76.2 Å². The molecule has 0 bridgehead atoms. The van der Waals surface area contributed by atoms with Crippen LogP contribution < -0.4 is 19.8 Å². The van der Waals surface area contributed by atoms with Crippen molar-refractivity contribution >= 4 is 15.5 Å². The molecule has 2 N–H and O–H groups in total. The number of ether oxygens (including phenoxy) is 3. The number of aryl methyl sites for hydroxylation is 1. The molecule has 0 saturated heterocycles. The standard InChI is InChI=1S/C33H43N5O7S/c1-5-45-28-16-15-26(46(41,42)37(17-10-18-39)21-24-13-14-25(43-3)19-29(24)44-4)20-27(28)31-35-33(40)30-22(2)34-32(38(30)36-31)23-11-8-6-7-9-12-23/h13-16,19-20,23,39H,5-12,17-18,21H2,1-4H3,(H,35,36,40). The second-order valence-corrected chi connectivity index (χ2v) is 13.4. The third-order valence-corrected chi connectivity index (χ3v) is 10.3. The number of aliphatic hydroxyl groups is 1. The Hall–Kier alpha value is -3.94. The molecular formula is C33H43N5O7S. The number of benzene rings is 2. The molecule has 12 nitrogen and oxygen atoms in total. The first-order valence-corrected chi connectivity index (χ1v) is 17.2. The van der Waals surface area contributed by atoms with Gasteiger partial charge in [-0.15, -0.1) is 5.10 Å². The number of imidazole rings is 1. The molecule has 4 aromatic rings. The topological polar surface area (TPSA) is 148 Å². The van der Waals surface area contributed by atoms with E-state index in [-0.39, 0.29) is 48.3 Å². The maximum absolute atomic E-state index is 14.2. The second-order valence-electron chi connectivity index (χ2n) is 11.5. The van der Waals surface area contributed by atoms with Gasteiger partial charge < -0.3 is 24.3 Å². The van der Waals surface area contributed by atoms with E-state index in [0.717, 1.165) is 31.5 Å². The zero-order valence-corrected chi connectivity index (χ0v) is 27.7. The number of sulfonamides is 1. The molecule has 1 saturated carbocycles. The van der Waals surface area contributed by atoms with Crippen LogP contribution in [0.4, 0.5) is 0 Å². The van der Waals surface area contributed by atoms with Crippen LogP contribution in [-0.4, -0.2) is 71.4 Å². The van der Waals surface area contributed by atoms with E-state index in [1.54, 1.807) is 35.9 Å². The van der Waals surface area contributed by atoms with E-state index in [9.17, 15) is 18.3 Å². The van der Waals surface area contributed by atoms with E-state index in [2.05, 4.69) is 4.98 Å². The van der Waals surface area contributed by atoms with Crippen molar-refractivity contribution in [2.24, 2.45) is 0 Å². The fraction of sp³-hybridized carbons (Fsp3) is 0.485. The Morgan fingerprint density at radius 1 is 1.04 bits per heavy atom. The summed E-state index contributed by atoms with van der Waals surface area (Å²) in [5.41, 5.74) is 1.60. The SMILES string of the molecule is CCOc1ccc(S(=O)(=O)N(CCCO)Cc2ccc(OC)cc2OC)cc1-c1nn2c(C3CCCCCC3)nc(C)c2c(=O)[nH]1. The molecule has 0 aliphatic heterocycles. The van der Waals surface area contributed by atoms with Gasteiger partial charge in [0, 0.05) is 37.2 Å². The number of methoxy groups -OCH3 is 2. The highest BCUT2D eigenvalue weighted by Crippen LogP contribution is 2.35. The first kappa shape index (κ1) is 33.4. The average Bonchev–Trinajstić information content (AvgIpc) is 3.20. The molecule has 5 rings (SSSR count). The monoisotopic (exact) mass is 653 g/mol. The summed E-state index contributed by atoms with van der Waals surface area (Å²) in [7, 11) is -1.06. The molecule has 13 heteroatoms. The molecule has 0 spiro atoms. The highest BCUT2D eigenvalue weighted by atomic mass is 32.2. The van der Waals surface area contributed by atoms with Crippen molar-refractivity contribution in [3.05, 3.63) is 63.8 Å². The third kappa shape index (κ3) is 6.91. The summed E-state index contributed by atoms with van der Waals surface area (Å²) in [6.45, 7) is 3.84. The number of H-pyrrole nitrogens is 1. The van der Waals surface area contributed by atoms with Gasteiger partial charge in [0.05, 0.1) is 37.0 Å². The Morgan fingerprint density at radius 3 is 2.48 bits per heavy atom. The minimum atomic E-state index is -4.11. The Morgan fingerprint density at radius 2 is 1.80 bits per heavy atom. The van der Waals surface area contributed by atoms with Crippen LogP contribution in [0.3, 0.4) is 0 Å². The smallest absolute Gasteiger partial charge is 0.277 e. The van der Waals surface area contributed by atoms with Gasteiger partial charge in [0.15, 0.2) is 11.3 Å². The number of hydrogen-bond donors (Lipinski definition) is 2. The molecule has 1 fully saturated rings. The lowest BCUT2D eigenvalue weighted by Gasteiger charge is -2.24. The highest BCUT2D eigenvalue weighted by molar-refractivity contribution is 7.89. The summed E-state index contributed by atoms with van der Waals surface area (Å²) in [4.78, 5) is 21.1.